The molecule has 84 valence electrons. The lowest BCUT2D eigenvalue weighted by atomic mass is 10.5. The molecule has 2 aliphatic rings. The molecular weight excluding hydrogens is 188 g/mol. The molecule has 0 heterocycles. The van der Waals surface area contributed by atoms with Crippen molar-refractivity contribution in [3.05, 3.63) is 0 Å². The third kappa shape index (κ3) is 6.38. The number of hydrogen-bond donors (Lipinski definition) is 4. The molecule has 0 amide bonds. The summed E-state index contributed by atoms with van der Waals surface area (Å²) in [5.74, 6) is -1.22. The van der Waals surface area contributed by atoms with Crippen LogP contribution in [0.25, 0.3) is 0 Å². The molecule has 0 atom stereocenters. The van der Waals surface area contributed by atoms with Crippen LogP contribution in [-0.2, 0) is 9.59 Å². The van der Waals surface area contributed by atoms with Gasteiger partial charge in [-0.05, 0) is 25.7 Å². The lowest BCUT2D eigenvalue weighted by molar-refractivity contribution is -0.139. The van der Waals surface area contributed by atoms with E-state index in [0.717, 1.165) is 25.7 Å². The fraction of sp³-hybridized carbons (Fsp3) is 0.750. The van der Waals surface area contributed by atoms with Crippen LogP contribution in [0.2, 0.25) is 0 Å². The van der Waals surface area contributed by atoms with Gasteiger partial charge in [0.05, 0.1) is 11.8 Å². The summed E-state index contributed by atoms with van der Waals surface area (Å²) in [5.41, 5.74) is 0. The van der Waals surface area contributed by atoms with E-state index < -0.39 is 11.9 Å². The Kier molecular flexibility index (Phi) is 6.94. The number of aliphatic carboxylic acids is 2. The van der Waals surface area contributed by atoms with E-state index in [2.05, 4.69) is 0 Å². The van der Waals surface area contributed by atoms with Crippen LogP contribution in [0.3, 0.4) is 0 Å². The first kappa shape index (κ1) is 15.3. The maximum atomic E-state index is 9.76. The molecule has 2 saturated carbocycles. The second-order valence-electron chi connectivity index (χ2n) is 3.23. The molecule has 6 nitrogen and oxygen atoms in total. The van der Waals surface area contributed by atoms with Crippen molar-refractivity contribution in [2.45, 2.75) is 25.7 Å². The summed E-state index contributed by atoms with van der Waals surface area (Å²) in [5, 5.41) is 16.1. The first-order valence-corrected chi connectivity index (χ1v) is 4.07. The summed E-state index contributed by atoms with van der Waals surface area (Å²) >= 11 is 0. The van der Waals surface area contributed by atoms with Crippen LogP contribution in [0.15, 0.2) is 0 Å². The van der Waals surface area contributed by atoms with Crippen molar-refractivity contribution in [3.63, 3.8) is 0 Å². The molecule has 0 aromatic carbocycles. The van der Waals surface area contributed by atoms with Gasteiger partial charge in [-0.1, -0.05) is 0 Å². The summed E-state index contributed by atoms with van der Waals surface area (Å²) in [6.45, 7) is 0. The number of rotatable bonds is 2. The van der Waals surface area contributed by atoms with Crippen LogP contribution in [0.4, 0.5) is 0 Å². The van der Waals surface area contributed by atoms with Crippen molar-refractivity contribution in [2.24, 2.45) is 11.8 Å². The van der Waals surface area contributed by atoms with Crippen LogP contribution in [0.1, 0.15) is 25.7 Å². The lowest BCUT2D eigenvalue weighted by Crippen LogP contribution is -1.94. The van der Waals surface area contributed by atoms with E-state index in [1.807, 2.05) is 0 Å². The van der Waals surface area contributed by atoms with Crippen LogP contribution < -0.4 is 12.3 Å². The molecule has 0 unspecified atom stereocenters. The molecule has 6 heteroatoms. The Labute approximate surface area is 82.5 Å². The molecule has 0 aromatic heterocycles. The minimum absolute atomic E-state index is 0. The quantitative estimate of drug-likeness (QED) is 0.535. The van der Waals surface area contributed by atoms with Gasteiger partial charge in [-0.15, -0.1) is 0 Å². The standard InChI is InChI=1S/2C4H6O2.2H3N/c2*5-4(6)3-1-2-3;;/h2*3H,1-2H2,(H,5,6);2*1H3. The number of carbonyl (C=O) groups is 2. The Balaban J connectivity index is 0. The van der Waals surface area contributed by atoms with Gasteiger partial charge in [-0.2, -0.15) is 0 Å². The monoisotopic (exact) mass is 206 g/mol. The predicted octanol–water partition coefficient (Wildman–Crippen LogP) is 1.29. The zero-order chi connectivity index (χ0) is 9.14. The van der Waals surface area contributed by atoms with E-state index in [1.165, 1.54) is 0 Å². The van der Waals surface area contributed by atoms with Crippen molar-refractivity contribution in [2.75, 3.05) is 0 Å². The highest BCUT2D eigenvalue weighted by Gasteiger charge is 2.29. The fourth-order valence-corrected chi connectivity index (χ4v) is 0.661. The minimum Gasteiger partial charge on any atom is -0.481 e. The minimum atomic E-state index is -0.630. The Morgan fingerprint density at radius 1 is 0.786 bits per heavy atom. The molecule has 0 spiro atoms. The van der Waals surface area contributed by atoms with E-state index in [9.17, 15) is 9.59 Å². The largest absolute Gasteiger partial charge is 0.481 e. The zero-order valence-electron chi connectivity index (χ0n) is 8.11. The number of hydrogen-bond acceptors (Lipinski definition) is 4. The van der Waals surface area contributed by atoms with Gasteiger partial charge in [-0.25, -0.2) is 0 Å². The normalized spacial score (nSPS) is 17.7. The maximum Gasteiger partial charge on any atom is 0.306 e. The zero-order valence-corrected chi connectivity index (χ0v) is 8.11. The smallest absolute Gasteiger partial charge is 0.306 e. The summed E-state index contributed by atoms with van der Waals surface area (Å²) in [6, 6.07) is 0. The third-order valence-corrected chi connectivity index (χ3v) is 1.85. The average Bonchev–Trinajstić information content (AvgIpc) is 2.85. The van der Waals surface area contributed by atoms with Gasteiger partial charge >= 0.3 is 11.9 Å². The van der Waals surface area contributed by atoms with Gasteiger partial charge in [0.2, 0.25) is 0 Å². The molecule has 0 aromatic rings. The summed E-state index contributed by atoms with van der Waals surface area (Å²) in [4.78, 5) is 19.5. The summed E-state index contributed by atoms with van der Waals surface area (Å²) < 4.78 is 0. The first-order chi connectivity index (χ1) is 5.61. The van der Waals surface area contributed by atoms with Gasteiger partial charge in [0.1, 0.15) is 0 Å². The van der Waals surface area contributed by atoms with Crippen molar-refractivity contribution in [3.8, 4) is 0 Å². The van der Waals surface area contributed by atoms with Gasteiger partial charge in [0, 0.05) is 0 Å². The molecule has 8 N–H and O–H groups in total. The van der Waals surface area contributed by atoms with E-state index in [1.54, 1.807) is 0 Å². The predicted molar refractivity (Wildman–Crippen MR) is 50.8 cm³/mol. The Bertz CT molecular complexity index is 178. The molecule has 0 radical (unpaired) electrons. The van der Waals surface area contributed by atoms with Crippen molar-refractivity contribution in [1.82, 2.24) is 12.3 Å². The highest BCUT2D eigenvalue weighted by atomic mass is 16.4. The van der Waals surface area contributed by atoms with E-state index in [0.29, 0.717) is 0 Å². The van der Waals surface area contributed by atoms with Crippen LogP contribution in [-0.4, -0.2) is 22.2 Å². The van der Waals surface area contributed by atoms with Crippen LogP contribution in [0.5, 0.6) is 0 Å². The summed E-state index contributed by atoms with van der Waals surface area (Å²) in [6.07, 6.45) is 3.59. The molecular formula is C8H18N2O4. The Morgan fingerprint density at radius 3 is 1.00 bits per heavy atom. The van der Waals surface area contributed by atoms with E-state index in [-0.39, 0.29) is 24.1 Å². The molecule has 2 fully saturated rings. The molecule has 0 saturated heterocycles. The number of carboxylic acids is 2. The topological polar surface area (TPSA) is 145 Å². The third-order valence-electron chi connectivity index (χ3n) is 1.85. The average molecular weight is 206 g/mol. The second kappa shape index (κ2) is 6.33. The number of carboxylic acid groups (broad SMARTS) is 2. The van der Waals surface area contributed by atoms with E-state index in [4.69, 9.17) is 10.2 Å². The fourth-order valence-electron chi connectivity index (χ4n) is 0.661. The lowest BCUT2D eigenvalue weighted by Gasteiger charge is -1.75. The van der Waals surface area contributed by atoms with Crippen molar-refractivity contribution < 1.29 is 19.8 Å². The van der Waals surface area contributed by atoms with Crippen LogP contribution in [0, 0.1) is 11.8 Å². The molecule has 2 aliphatic carbocycles. The highest BCUT2D eigenvalue weighted by Crippen LogP contribution is 2.28. The van der Waals surface area contributed by atoms with Gasteiger partial charge in [0.15, 0.2) is 0 Å². The highest BCUT2D eigenvalue weighted by molar-refractivity contribution is 5.72. The van der Waals surface area contributed by atoms with Gasteiger partial charge in [-0.3, -0.25) is 9.59 Å². The Morgan fingerprint density at radius 2 is 1.00 bits per heavy atom. The summed E-state index contributed by atoms with van der Waals surface area (Å²) in [7, 11) is 0. The van der Waals surface area contributed by atoms with Crippen molar-refractivity contribution in [1.29, 1.82) is 0 Å². The second-order valence-corrected chi connectivity index (χ2v) is 3.23. The molecule has 0 bridgehead atoms. The van der Waals surface area contributed by atoms with Crippen molar-refractivity contribution >= 4 is 11.9 Å². The first-order valence-electron chi connectivity index (χ1n) is 4.07. The van der Waals surface area contributed by atoms with Gasteiger partial charge in [0.25, 0.3) is 0 Å². The van der Waals surface area contributed by atoms with Gasteiger partial charge < -0.3 is 22.5 Å². The molecule has 2 rings (SSSR count). The molecule has 0 aliphatic heterocycles. The molecule has 14 heavy (non-hydrogen) atoms. The van der Waals surface area contributed by atoms with Crippen LogP contribution >= 0.6 is 0 Å². The SMILES string of the molecule is N.N.O=C(O)C1CC1.O=C(O)C1CC1. The van der Waals surface area contributed by atoms with E-state index >= 15 is 0 Å². The Hall–Kier alpha value is -1.14. The maximum absolute atomic E-state index is 9.76.